The number of alkyl halides is 3. The number of piperidine rings is 1. The van der Waals surface area contributed by atoms with E-state index in [0.29, 0.717) is 25.9 Å². The summed E-state index contributed by atoms with van der Waals surface area (Å²) in [6, 6.07) is 0. The zero-order valence-corrected chi connectivity index (χ0v) is 8.33. The van der Waals surface area contributed by atoms with E-state index in [0.717, 1.165) is 0 Å². The molecule has 1 heterocycles. The summed E-state index contributed by atoms with van der Waals surface area (Å²) in [6.07, 6.45) is -2.61. The lowest BCUT2D eigenvalue weighted by Crippen LogP contribution is -2.41. The fourth-order valence-electron chi connectivity index (χ4n) is 1.46. The molecule has 1 aliphatic heterocycles. The second-order valence-electron chi connectivity index (χ2n) is 3.23. The van der Waals surface area contributed by atoms with E-state index in [-0.39, 0.29) is 6.10 Å². The molecule has 1 unspecified atom stereocenters. The average molecular weight is 215 g/mol. The van der Waals surface area contributed by atoms with Crippen LogP contribution in [-0.2, 0) is 4.52 Å². The summed E-state index contributed by atoms with van der Waals surface area (Å²) in [4.78, 5) is 1.42. The van der Waals surface area contributed by atoms with Crippen molar-refractivity contribution in [3.8, 4) is 0 Å². The first-order chi connectivity index (χ1) is 6.01. The molecule has 6 heteroatoms. The van der Waals surface area contributed by atoms with Crippen molar-refractivity contribution in [2.75, 3.05) is 19.6 Å². The van der Waals surface area contributed by atoms with Crippen molar-refractivity contribution in [2.45, 2.75) is 25.1 Å². The van der Waals surface area contributed by atoms with Crippen LogP contribution in [0.2, 0.25) is 0 Å². The molecule has 0 aromatic rings. The van der Waals surface area contributed by atoms with Gasteiger partial charge in [-0.2, -0.15) is 13.2 Å². The molecule has 0 aromatic carbocycles. The smallest absolute Gasteiger partial charge is 0.362 e. The van der Waals surface area contributed by atoms with Gasteiger partial charge >= 0.3 is 6.18 Å². The van der Waals surface area contributed by atoms with Crippen LogP contribution < -0.4 is 0 Å². The van der Waals surface area contributed by atoms with Crippen LogP contribution in [0.3, 0.4) is 0 Å². The highest BCUT2D eigenvalue weighted by atomic mass is 31.0. The summed E-state index contributed by atoms with van der Waals surface area (Å²) in [6.45, 7) is 0.147. The third-order valence-electron chi connectivity index (χ3n) is 2.13. The molecule has 0 N–H and O–H groups in total. The Balaban J connectivity index is 2.25. The van der Waals surface area contributed by atoms with Crippen molar-refractivity contribution >= 4 is 9.47 Å². The normalized spacial score (nSPS) is 22.2. The number of likely N-dealkylation sites (tertiary alicyclic amines) is 1. The quantitative estimate of drug-likeness (QED) is 0.651. The van der Waals surface area contributed by atoms with Crippen molar-refractivity contribution in [1.29, 1.82) is 0 Å². The third kappa shape index (κ3) is 4.25. The Kier molecular flexibility index (Phi) is 3.95. The molecule has 1 fully saturated rings. The van der Waals surface area contributed by atoms with Gasteiger partial charge in [0.1, 0.15) is 0 Å². The maximum atomic E-state index is 11.9. The molecule has 1 rings (SSSR count). The van der Waals surface area contributed by atoms with Gasteiger partial charge in [-0.15, -0.1) is 0 Å². The standard InChI is InChI=1S/C7H13F3NOP/c8-7(9,10)5-11-3-1-6(12-13)2-4-11/h6H,1-5,13H2. The van der Waals surface area contributed by atoms with Crippen LogP contribution in [0, 0.1) is 0 Å². The Labute approximate surface area is 77.7 Å². The van der Waals surface area contributed by atoms with Crippen LogP contribution in [-0.4, -0.2) is 36.8 Å². The van der Waals surface area contributed by atoms with E-state index in [2.05, 4.69) is 9.47 Å². The second-order valence-corrected chi connectivity index (χ2v) is 3.50. The molecule has 0 aromatic heterocycles. The molecule has 1 atom stereocenters. The van der Waals surface area contributed by atoms with Gasteiger partial charge < -0.3 is 4.52 Å². The van der Waals surface area contributed by atoms with Crippen molar-refractivity contribution in [1.82, 2.24) is 4.90 Å². The van der Waals surface area contributed by atoms with Gasteiger partial charge in [0.05, 0.1) is 12.6 Å². The monoisotopic (exact) mass is 215 g/mol. The first kappa shape index (κ1) is 11.2. The highest BCUT2D eigenvalue weighted by Gasteiger charge is 2.32. The van der Waals surface area contributed by atoms with Gasteiger partial charge in [0.2, 0.25) is 0 Å². The van der Waals surface area contributed by atoms with Crippen LogP contribution in [0.4, 0.5) is 13.2 Å². The van der Waals surface area contributed by atoms with Crippen molar-refractivity contribution in [3.05, 3.63) is 0 Å². The average Bonchev–Trinajstić information content (AvgIpc) is 2.03. The summed E-state index contributed by atoms with van der Waals surface area (Å²) in [5.41, 5.74) is 0. The van der Waals surface area contributed by atoms with Crippen LogP contribution in [0.15, 0.2) is 0 Å². The maximum Gasteiger partial charge on any atom is 0.401 e. The SMILES string of the molecule is FC(F)(F)CN1CCC(OP)CC1. The Morgan fingerprint density at radius 2 is 1.85 bits per heavy atom. The summed E-state index contributed by atoms with van der Waals surface area (Å²) in [7, 11) is 2.16. The summed E-state index contributed by atoms with van der Waals surface area (Å²) >= 11 is 0. The zero-order chi connectivity index (χ0) is 9.90. The Hall–Kier alpha value is 0.140. The van der Waals surface area contributed by atoms with Crippen molar-refractivity contribution < 1.29 is 17.7 Å². The Morgan fingerprint density at radius 3 is 2.23 bits per heavy atom. The van der Waals surface area contributed by atoms with E-state index in [4.69, 9.17) is 4.52 Å². The number of rotatable bonds is 2. The summed E-state index contributed by atoms with van der Waals surface area (Å²) < 4.78 is 40.8. The predicted molar refractivity (Wildman–Crippen MR) is 46.3 cm³/mol. The van der Waals surface area contributed by atoms with Crippen LogP contribution in [0.1, 0.15) is 12.8 Å². The molecule has 0 amide bonds. The largest absolute Gasteiger partial charge is 0.401 e. The molecular weight excluding hydrogens is 202 g/mol. The summed E-state index contributed by atoms with van der Waals surface area (Å²) in [5, 5.41) is 0. The second kappa shape index (κ2) is 4.58. The number of nitrogens with zero attached hydrogens (tertiary/aromatic N) is 1. The van der Waals surface area contributed by atoms with Crippen LogP contribution in [0.5, 0.6) is 0 Å². The number of hydrogen-bond donors (Lipinski definition) is 0. The Bertz CT molecular complexity index is 156. The Morgan fingerprint density at radius 1 is 1.31 bits per heavy atom. The summed E-state index contributed by atoms with van der Waals surface area (Å²) in [5.74, 6) is 0. The third-order valence-corrected chi connectivity index (χ3v) is 2.51. The van der Waals surface area contributed by atoms with E-state index in [1.165, 1.54) is 4.90 Å². The first-order valence-electron chi connectivity index (χ1n) is 4.16. The molecule has 0 bridgehead atoms. The maximum absolute atomic E-state index is 11.9. The van der Waals surface area contributed by atoms with Crippen LogP contribution >= 0.6 is 9.47 Å². The minimum absolute atomic E-state index is 0.106. The van der Waals surface area contributed by atoms with Gasteiger partial charge in [-0.05, 0) is 12.8 Å². The molecule has 0 aliphatic carbocycles. The minimum Gasteiger partial charge on any atom is -0.362 e. The molecule has 0 radical (unpaired) electrons. The van der Waals surface area contributed by atoms with Crippen molar-refractivity contribution in [2.24, 2.45) is 0 Å². The molecule has 0 spiro atoms. The van der Waals surface area contributed by atoms with E-state index in [1.807, 2.05) is 0 Å². The zero-order valence-electron chi connectivity index (χ0n) is 7.18. The highest BCUT2D eigenvalue weighted by molar-refractivity contribution is 7.09. The van der Waals surface area contributed by atoms with E-state index in [9.17, 15) is 13.2 Å². The number of halogens is 3. The lowest BCUT2D eigenvalue weighted by molar-refractivity contribution is -0.149. The molecule has 78 valence electrons. The topological polar surface area (TPSA) is 12.5 Å². The lowest BCUT2D eigenvalue weighted by Gasteiger charge is -2.31. The van der Waals surface area contributed by atoms with E-state index in [1.54, 1.807) is 0 Å². The molecule has 1 saturated heterocycles. The highest BCUT2D eigenvalue weighted by Crippen LogP contribution is 2.21. The van der Waals surface area contributed by atoms with Gasteiger partial charge in [-0.3, -0.25) is 4.90 Å². The first-order valence-corrected chi connectivity index (χ1v) is 4.63. The molecular formula is C7H13F3NOP. The number of hydrogen-bond acceptors (Lipinski definition) is 2. The fraction of sp³-hybridized carbons (Fsp3) is 1.00. The fourth-order valence-corrected chi connectivity index (χ4v) is 1.73. The van der Waals surface area contributed by atoms with E-state index < -0.39 is 12.7 Å². The lowest BCUT2D eigenvalue weighted by atomic mass is 10.1. The molecule has 1 aliphatic rings. The molecule has 2 nitrogen and oxygen atoms in total. The van der Waals surface area contributed by atoms with Gasteiger partial charge in [0, 0.05) is 22.6 Å². The van der Waals surface area contributed by atoms with Crippen molar-refractivity contribution in [3.63, 3.8) is 0 Å². The van der Waals surface area contributed by atoms with Gasteiger partial charge in [-0.1, -0.05) is 0 Å². The van der Waals surface area contributed by atoms with Crippen LogP contribution in [0.25, 0.3) is 0 Å². The van der Waals surface area contributed by atoms with Gasteiger partial charge in [0.15, 0.2) is 0 Å². The minimum atomic E-state index is -4.07. The molecule has 13 heavy (non-hydrogen) atoms. The van der Waals surface area contributed by atoms with E-state index >= 15 is 0 Å². The molecule has 0 saturated carbocycles. The van der Waals surface area contributed by atoms with Gasteiger partial charge in [-0.25, -0.2) is 0 Å². The van der Waals surface area contributed by atoms with Gasteiger partial charge in [0.25, 0.3) is 0 Å². The predicted octanol–water partition coefficient (Wildman–Crippen LogP) is 1.82.